The fourth-order valence-electron chi connectivity index (χ4n) is 2.45. The molecule has 7 nitrogen and oxygen atoms in total. The Balaban J connectivity index is 2.27. The number of likely N-dealkylation sites (tertiary alicyclic amines) is 1. The maximum Gasteiger partial charge on any atom is 0.326 e. The van der Waals surface area contributed by atoms with E-state index in [-0.39, 0.29) is 5.56 Å². The molecule has 19 heavy (non-hydrogen) atoms. The number of rotatable bonds is 3. The van der Waals surface area contributed by atoms with Crippen molar-refractivity contribution < 1.29 is 14.8 Å². The first kappa shape index (κ1) is 13.5. The standard InChI is InChI=1S/C12H17N3O4/c1-7-2-4-15(5-3-7)6-8-9(11(17)18)13-12(19)14-10(8)16/h7H,2-6H2,1H3,(H,17,18)(H2,13,14,16,19). The normalized spacial score (nSPS) is 23.2. The Kier molecular flexibility index (Phi) is 3.84. The quantitative estimate of drug-likeness (QED) is 0.551. The van der Waals surface area contributed by atoms with E-state index in [2.05, 4.69) is 16.9 Å². The van der Waals surface area contributed by atoms with Gasteiger partial charge in [-0.25, -0.2) is 4.79 Å². The van der Waals surface area contributed by atoms with Crippen molar-refractivity contribution in [1.82, 2.24) is 9.97 Å². The summed E-state index contributed by atoms with van der Waals surface area (Å²) < 4.78 is 0. The van der Waals surface area contributed by atoms with Gasteiger partial charge in [0, 0.05) is 0 Å². The molecule has 0 spiro atoms. The molecule has 0 aliphatic carbocycles. The van der Waals surface area contributed by atoms with Crippen molar-refractivity contribution in [2.75, 3.05) is 13.1 Å². The van der Waals surface area contributed by atoms with Crippen LogP contribution in [0.5, 0.6) is 0 Å². The molecule has 104 valence electrons. The molecule has 0 radical (unpaired) electrons. The van der Waals surface area contributed by atoms with Crippen LogP contribution in [0.2, 0.25) is 0 Å². The third-order valence-electron chi connectivity index (χ3n) is 3.65. The molecular formula is C12H17N3O4. The number of nitrogens with one attached hydrogen (secondary N) is 3. The monoisotopic (exact) mass is 267 g/mol. The van der Waals surface area contributed by atoms with Crippen LogP contribution in [0, 0.1) is 5.92 Å². The van der Waals surface area contributed by atoms with Crippen LogP contribution in [0.1, 0.15) is 35.8 Å². The summed E-state index contributed by atoms with van der Waals surface area (Å²) in [4.78, 5) is 39.1. The molecule has 1 aromatic rings. The first-order valence-corrected chi connectivity index (χ1v) is 6.37. The van der Waals surface area contributed by atoms with Crippen molar-refractivity contribution in [3.63, 3.8) is 0 Å². The maximum atomic E-state index is 11.7. The molecule has 2 rings (SSSR count). The second-order valence-corrected chi connectivity index (χ2v) is 5.16. The predicted molar refractivity (Wildman–Crippen MR) is 64.8 cm³/mol. The number of carbonyl (C=O) groups is 1. The zero-order valence-electron chi connectivity index (χ0n) is 10.7. The smallest absolute Gasteiger partial charge is 0.326 e. The molecule has 0 bridgehead atoms. The van der Waals surface area contributed by atoms with Crippen LogP contribution in [0.3, 0.4) is 0 Å². The number of H-pyrrole nitrogens is 2. The average Bonchev–Trinajstić information content (AvgIpc) is 2.34. The van der Waals surface area contributed by atoms with Crippen LogP contribution in [0.25, 0.3) is 0 Å². The van der Waals surface area contributed by atoms with E-state index < -0.39 is 22.9 Å². The first-order chi connectivity index (χ1) is 8.97. The summed E-state index contributed by atoms with van der Waals surface area (Å²) in [5.41, 5.74) is -1.78. The highest BCUT2D eigenvalue weighted by atomic mass is 16.4. The number of piperidine rings is 1. The van der Waals surface area contributed by atoms with Gasteiger partial charge in [0.25, 0.3) is 5.56 Å². The fraction of sp³-hybridized carbons (Fsp3) is 0.583. The second-order valence-electron chi connectivity index (χ2n) is 5.16. The first-order valence-electron chi connectivity index (χ1n) is 6.37. The number of quaternary nitrogens is 1. The van der Waals surface area contributed by atoms with E-state index in [1.807, 2.05) is 0 Å². The number of aromatic nitrogens is 2. The van der Waals surface area contributed by atoms with E-state index in [1.54, 1.807) is 0 Å². The van der Waals surface area contributed by atoms with Gasteiger partial charge in [-0.3, -0.25) is 9.78 Å². The van der Waals surface area contributed by atoms with Crippen molar-refractivity contribution in [3.05, 3.63) is 32.1 Å². The van der Waals surface area contributed by atoms with E-state index in [0.29, 0.717) is 12.5 Å². The van der Waals surface area contributed by atoms with Gasteiger partial charge in [0.2, 0.25) is 0 Å². The third-order valence-corrected chi connectivity index (χ3v) is 3.65. The van der Waals surface area contributed by atoms with Gasteiger partial charge in [0.1, 0.15) is 6.54 Å². The SMILES string of the molecule is CC1CC[NH+](Cc2c(C(=O)[O-])[nH]c(=O)[nH]c2=O)CC1. The molecule has 0 unspecified atom stereocenters. The summed E-state index contributed by atoms with van der Waals surface area (Å²) in [6.07, 6.45) is 2.11. The fourth-order valence-corrected chi connectivity index (χ4v) is 2.45. The number of hydrogen-bond acceptors (Lipinski definition) is 4. The summed E-state index contributed by atoms with van der Waals surface area (Å²) in [5.74, 6) is -0.860. The zero-order valence-corrected chi connectivity index (χ0v) is 10.7. The minimum absolute atomic E-state index is 0.0872. The zero-order chi connectivity index (χ0) is 14.0. The van der Waals surface area contributed by atoms with Crippen molar-refractivity contribution in [2.24, 2.45) is 5.92 Å². The van der Waals surface area contributed by atoms with E-state index in [4.69, 9.17) is 0 Å². The van der Waals surface area contributed by atoms with Gasteiger partial charge in [0.05, 0.1) is 30.3 Å². The molecule has 1 aromatic heterocycles. The molecule has 0 amide bonds. The predicted octanol–water partition coefficient (Wildman–Crippen LogP) is -2.76. The summed E-state index contributed by atoms with van der Waals surface area (Å²) in [6, 6.07) is 0. The van der Waals surface area contributed by atoms with Gasteiger partial charge >= 0.3 is 5.69 Å². The Hall–Kier alpha value is -1.89. The molecular weight excluding hydrogens is 250 g/mol. The molecule has 1 saturated heterocycles. The third kappa shape index (κ3) is 3.11. The molecule has 0 saturated carbocycles. The van der Waals surface area contributed by atoms with Crippen molar-refractivity contribution >= 4 is 5.97 Å². The van der Waals surface area contributed by atoms with Crippen LogP contribution in [0.15, 0.2) is 9.59 Å². The van der Waals surface area contributed by atoms with Gasteiger partial charge in [-0.2, -0.15) is 0 Å². The lowest BCUT2D eigenvalue weighted by Crippen LogP contribution is -3.12. The Morgan fingerprint density at radius 2 is 1.95 bits per heavy atom. The Morgan fingerprint density at radius 3 is 2.53 bits per heavy atom. The Morgan fingerprint density at radius 1 is 1.32 bits per heavy atom. The Bertz CT molecular complexity index is 581. The van der Waals surface area contributed by atoms with Gasteiger partial charge in [-0.1, -0.05) is 6.92 Å². The van der Waals surface area contributed by atoms with Crippen molar-refractivity contribution in [2.45, 2.75) is 26.3 Å². The number of aromatic amines is 2. The van der Waals surface area contributed by atoms with E-state index in [9.17, 15) is 19.5 Å². The highest BCUT2D eigenvalue weighted by molar-refractivity contribution is 5.84. The minimum atomic E-state index is -1.53. The van der Waals surface area contributed by atoms with Gasteiger partial charge < -0.3 is 19.8 Å². The maximum absolute atomic E-state index is 11.7. The number of carbonyl (C=O) groups excluding carboxylic acids is 1. The Labute approximate surface area is 109 Å². The summed E-state index contributed by atoms with van der Waals surface area (Å²) in [6.45, 7) is 4.26. The highest BCUT2D eigenvalue weighted by Gasteiger charge is 2.22. The van der Waals surface area contributed by atoms with Crippen LogP contribution in [-0.2, 0) is 6.54 Å². The number of carboxylic acids is 1. The van der Waals surface area contributed by atoms with E-state index in [1.165, 1.54) is 0 Å². The summed E-state index contributed by atoms with van der Waals surface area (Å²) in [5, 5.41) is 11.0. The molecule has 0 atom stereocenters. The van der Waals surface area contributed by atoms with Gasteiger partial charge in [-0.15, -0.1) is 0 Å². The summed E-state index contributed by atoms with van der Waals surface area (Å²) in [7, 11) is 0. The van der Waals surface area contributed by atoms with Crippen molar-refractivity contribution in [3.8, 4) is 0 Å². The van der Waals surface area contributed by atoms with E-state index >= 15 is 0 Å². The lowest BCUT2D eigenvalue weighted by atomic mass is 9.99. The number of aromatic carboxylic acids is 1. The summed E-state index contributed by atoms with van der Waals surface area (Å²) >= 11 is 0. The average molecular weight is 267 g/mol. The highest BCUT2D eigenvalue weighted by Crippen LogP contribution is 2.07. The number of hydrogen-bond donors (Lipinski definition) is 3. The van der Waals surface area contributed by atoms with Crippen LogP contribution < -0.4 is 21.3 Å². The van der Waals surface area contributed by atoms with Crippen molar-refractivity contribution in [1.29, 1.82) is 0 Å². The van der Waals surface area contributed by atoms with Crippen LogP contribution in [0.4, 0.5) is 0 Å². The molecule has 1 aliphatic heterocycles. The molecule has 7 heteroatoms. The topological polar surface area (TPSA) is 110 Å². The molecule has 1 aliphatic rings. The molecule has 1 fully saturated rings. The minimum Gasteiger partial charge on any atom is -0.543 e. The van der Waals surface area contributed by atoms with Crippen LogP contribution in [-0.4, -0.2) is 29.0 Å². The largest absolute Gasteiger partial charge is 0.543 e. The lowest BCUT2D eigenvalue weighted by molar-refractivity contribution is -0.919. The van der Waals surface area contributed by atoms with Crippen LogP contribution >= 0.6 is 0 Å². The second kappa shape index (κ2) is 5.40. The van der Waals surface area contributed by atoms with Gasteiger partial charge in [-0.05, 0) is 18.8 Å². The van der Waals surface area contributed by atoms with E-state index in [0.717, 1.165) is 30.8 Å². The molecule has 3 N–H and O–H groups in total. The number of carboxylic acid groups (broad SMARTS) is 1. The lowest BCUT2D eigenvalue weighted by Gasteiger charge is -2.27. The molecule has 0 aromatic carbocycles. The molecule has 2 heterocycles. The van der Waals surface area contributed by atoms with Gasteiger partial charge in [0.15, 0.2) is 0 Å².